The molecule has 0 aromatic rings. The standard InChI is InChI=1S/C7H13O7P/c1-14-7(10)5(2-3-6(8)9)4-15(11,12)13/h5H,2-4H2,1H3,(H,8,9)(H2,11,12,13). The number of esters is 1. The summed E-state index contributed by atoms with van der Waals surface area (Å²) >= 11 is 0. The van der Waals surface area contributed by atoms with Crippen molar-refractivity contribution < 1.29 is 33.8 Å². The fraction of sp³-hybridized carbons (Fsp3) is 0.714. The van der Waals surface area contributed by atoms with Gasteiger partial charge in [-0.2, -0.15) is 0 Å². The molecule has 0 aliphatic rings. The highest BCUT2D eigenvalue weighted by atomic mass is 31.2. The maximum absolute atomic E-state index is 11.0. The van der Waals surface area contributed by atoms with Crippen molar-refractivity contribution in [2.45, 2.75) is 12.8 Å². The van der Waals surface area contributed by atoms with Crippen LogP contribution in [0.2, 0.25) is 0 Å². The van der Waals surface area contributed by atoms with Gasteiger partial charge in [0.2, 0.25) is 0 Å². The van der Waals surface area contributed by atoms with Crippen LogP contribution in [0.5, 0.6) is 0 Å². The lowest BCUT2D eigenvalue weighted by Crippen LogP contribution is -2.21. The largest absolute Gasteiger partial charge is 0.481 e. The average Bonchev–Trinajstić information content (AvgIpc) is 2.08. The first-order chi connectivity index (χ1) is 6.76. The van der Waals surface area contributed by atoms with Crippen LogP contribution in [0.4, 0.5) is 0 Å². The van der Waals surface area contributed by atoms with Crippen LogP contribution >= 0.6 is 7.60 Å². The molecule has 0 aromatic heterocycles. The van der Waals surface area contributed by atoms with Crippen molar-refractivity contribution in [1.82, 2.24) is 0 Å². The van der Waals surface area contributed by atoms with Gasteiger partial charge < -0.3 is 19.6 Å². The fourth-order valence-corrected chi connectivity index (χ4v) is 1.94. The third-order valence-corrected chi connectivity index (χ3v) is 2.62. The molecule has 0 heterocycles. The fourth-order valence-electron chi connectivity index (χ4n) is 1.04. The predicted octanol–water partition coefficient (Wildman–Crippen LogP) is -0.182. The molecular formula is C7H13O7P. The maximum Gasteiger partial charge on any atom is 0.326 e. The lowest BCUT2D eigenvalue weighted by atomic mass is 10.1. The van der Waals surface area contributed by atoms with E-state index in [-0.39, 0.29) is 12.8 Å². The highest BCUT2D eigenvalue weighted by Gasteiger charge is 2.28. The topological polar surface area (TPSA) is 121 Å². The molecule has 0 amide bonds. The number of methoxy groups -OCH3 is 1. The van der Waals surface area contributed by atoms with Gasteiger partial charge >= 0.3 is 19.5 Å². The van der Waals surface area contributed by atoms with Crippen molar-refractivity contribution >= 4 is 19.5 Å². The van der Waals surface area contributed by atoms with Gasteiger partial charge in [-0.05, 0) is 6.42 Å². The Hall–Kier alpha value is -0.910. The van der Waals surface area contributed by atoms with Crippen LogP contribution in [0.15, 0.2) is 0 Å². The quantitative estimate of drug-likeness (QED) is 0.434. The Kier molecular flexibility index (Phi) is 5.49. The molecule has 7 nitrogen and oxygen atoms in total. The Bertz CT molecular complexity index is 281. The highest BCUT2D eigenvalue weighted by Crippen LogP contribution is 2.38. The van der Waals surface area contributed by atoms with Crippen molar-refractivity contribution in [2.75, 3.05) is 13.3 Å². The van der Waals surface area contributed by atoms with E-state index in [9.17, 15) is 14.2 Å². The molecule has 0 bridgehead atoms. The first-order valence-electron chi connectivity index (χ1n) is 4.10. The molecular weight excluding hydrogens is 227 g/mol. The molecule has 0 spiro atoms. The minimum Gasteiger partial charge on any atom is -0.481 e. The number of hydrogen-bond donors (Lipinski definition) is 3. The van der Waals surface area contributed by atoms with E-state index in [2.05, 4.69) is 4.74 Å². The third kappa shape index (κ3) is 7.07. The number of hydrogen-bond acceptors (Lipinski definition) is 4. The van der Waals surface area contributed by atoms with Gasteiger partial charge in [-0.15, -0.1) is 0 Å². The van der Waals surface area contributed by atoms with Gasteiger partial charge in [0.1, 0.15) is 0 Å². The van der Waals surface area contributed by atoms with E-state index in [4.69, 9.17) is 14.9 Å². The molecule has 8 heteroatoms. The van der Waals surface area contributed by atoms with Crippen molar-refractivity contribution in [1.29, 1.82) is 0 Å². The SMILES string of the molecule is COC(=O)C(CCC(=O)O)CP(=O)(O)O. The third-order valence-electron chi connectivity index (χ3n) is 1.70. The molecule has 0 saturated heterocycles. The van der Waals surface area contributed by atoms with Crippen molar-refractivity contribution in [2.24, 2.45) is 5.92 Å². The average molecular weight is 240 g/mol. The first kappa shape index (κ1) is 14.1. The second-order valence-corrected chi connectivity index (χ2v) is 4.69. The smallest absolute Gasteiger partial charge is 0.326 e. The van der Waals surface area contributed by atoms with Crippen molar-refractivity contribution in [3.63, 3.8) is 0 Å². The highest BCUT2D eigenvalue weighted by molar-refractivity contribution is 7.51. The molecule has 1 unspecified atom stereocenters. The summed E-state index contributed by atoms with van der Waals surface area (Å²) < 4.78 is 15.0. The lowest BCUT2D eigenvalue weighted by molar-refractivity contribution is -0.145. The molecule has 0 fully saturated rings. The summed E-state index contributed by atoms with van der Waals surface area (Å²) in [7, 11) is -3.26. The Morgan fingerprint density at radius 1 is 1.40 bits per heavy atom. The van der Waals surface area contributed by atoms with E-state index in [0.29, 0.717) is 0 Å². The van der Waals surface area contributed by atoms with Crippen molar-refractivity contribution in [3.8, 4) is 0 Å². The number of aliphatic carboxylic acids is 1. The molecule has 0 saturated carbocycles. The van der Waals surface area contributed by atoms with Crippen LogP contribution in [-0.2, 0) is 18.9 Å². The second kappa shape index (κ2) is 5.85. The van der Waals surface area contributed by atoms with E-state index in [1.54, 1.807) is 0 Å². The number of carbonyl (C=O) groups is 2. The van der Waals surface area contributed by atoms with Gasteiger partial charge in [0.15, 0.2) is 0 Å². The number of carboxylic acid groups (broad SMARTS) is 1. The zero-order valence-corrected chi connectivity index (χ0v) is 9.01. The van der Waals surface area contributed by atoms with E-state index in [1.165, 1.54) is 0 Å². The summed E-state index contributed by atoms with van der Waals surface area (Å²) in [5.74, 6) is -3.01. The number of ether oxygens (including phenoxy) is 1. The van der Waals surface area contributed by atoms with Gasteiger partial charge in [0.05, 0.1) is 19.2 Å². The Labute approximate surface area is 86.2 Å². The van der Waals surface area contributed by atoms with Gasteiger partial charge in [0.25, 0.3) is 0 Å². The number of rotatable bonds is 6. The lowest BCUT2D eigenvalue weighted by Gasteiger charge is -2.13. The normalized spacial score (nSPS) is 13.3. The van der Waals surface area contributed by atoms with Crippen LogP contribution in [0.1, 0.15) is 12.8 Å². The van der Waals surface area contributed by atoms with E-state index >= 15 is 0 Å². The zero-order chi connectivity index (χ0) is 12.1. The Morgan fingerprint density at radius 2 is 1.93 bits per heavy atom. The zero-order valence-electron chi connectivity index (χ0n) is 8.12. The summed E-state index contributed by atoms with van der Waals surface area (Å²) in [5, 5.41) is 8.37. The summed E-state index contributed by atoms with van der Waals surface area (Å²) in [4.78, 5) is 38.6. The predicted molar refractivity (Wildman–Crippen MR) is 49.3 cm³/mol. The Balaban J connectivity index is 4.38. The van der Waals surface area contributed by atoms with E-state index in [1.807, 2.05) is 0 Å². The number of carboxylic acids is 1. The van der Waals surface area contributed by atoms with Crippen LogP contribution in [0.25, 0.3) is 0 Å². The van der Waals surface area contributed by atoms with Crippen molar-refractivity contribution in [3.05, 3.63) is 0 Å². The minimum atomic E-state index is -4.34. The summed E-state index contributed by atoms with van der Waals surface area (Å²) in [6, 6.07) is 0. The van der Waals surface area contributed by atoms with Gasteiger partial charge in [-0.1, -0.05) is 0 Å². The summed E-state index contributed by atoms with van der Waals surface area (Å²) in [5.41, 5.74) is 0. The molecule has 0 aliphatic heterocycles. The maximum atomic E-state index is 11.0. The molecule has 15 heavy (non-hydrogen) atoms. The summed E-state index contributed by atoms with van der Waals surface area (Å²) in [6.45, 7) is 0. The summed E-state index contributed by atoms with van der Waals surface area (Å²) in [6.07, 6.45) is -1.17. The van der Waals surface area contributed by atoms with Crippen LogP contribution in [0, 0.1) is 5.92 Å². The molecule has 0 radical (unpaired) electrons. The van der Waals surface area contributed by atoms with Crippen LogP contribution in [-0.4, -0.2) is 40.1 Å². The molecule has 0 aromatic carbocycles. The minimum absolute atomic E-state index is 0.146. The van der Waals surface area contributed by atoms with E-state index < -0.39 is 31.6 Å². The molecule has 1 atom stereocenters. The van der Waals surface area contributed by atoms with E-state index in [0.717, 1.165) is 7.11 Å². The molecule has 0 rings (SSSR count). The van der Waals surface area contributed by atoms with Gasteiger partial charge in [-0.3, -0.25) is 14.2 Å². The molecule has 3 N–H and O–H groups in total. The van der Waals surface area contributed by atoms with Crippen LogP contribution < -0.4 is 0 Å². The number of carbonyl (C=O) groups excluding carboxylic acids is 1. The molecule has 88 valence electrons. The Morgan fingerprint density at radius 3 is 2.27 bits per heavy atom. The van der Waals surface area contributed by atoms with Crippen LogP contribution in [0.3, 0.4) is 0 Å². The monoisotopic (exact) mass is 240 g/mol. The van der Waals surface area contributed by atoms with Gasteiger partial charge in [0, 0.05) is 6.42 Å². The second-order valence-electron chi connectivity index (χ2n) is 3.00. The molecule has 0 aliphatic carbocycles. The first-order valence-corrected chi connectivity index (χ1v) is 5.90. The van der Waals surface area contributed by atoms with Gasteiger partial charge in [-0.25, -0.2) is 0 Å².